The van der Waals surface area contributed by atoms with Crippen molar-refractivity contribution in [2.75, 3.05) is 0 Å². The minimum absolute atomic E-state index is 0.261. The van der Waals surface area contributed by atoms with Crippen LogP contribution in [0.1, 0.15) is 5.56 Å². The van der Waals surface area contributed by atoms with Crippen molar-refractivity contribution in [1.82, 2.24) is 0 Å². The van der Waals surface area contributed by atoms with E-state index in [1.54, 1.807) is 0 Å². The summed E-state index contributed by atoms with van der Waals surface area (Å²) < 4.78 is 12.5. The summed E-state index contributed by atoms with van der Waals surface area (Å²) in [7, 11) is 0. The standard InChI is InChI=1S/C7H6ClFN/c8-6-1-5(4-10)2-7(9)3-6/h2-3H,4,10H2. The Bertz CT molecular complexity index is 217. The number of nitrogens with two attached hydrogens (primary N) is 1. The van der Waals surface area contributed by atoms with Crippen LogP contribution >= 0.6 is 11.6 Å². The summed E-state index contributed by atoms with van der Waals surface area (Å²) in [6.45, 7) is 0.261. The molecule has 1 rings (SSSR count). The highest BCUT2D eigenvalue weighted by molar-refractivity contribution is 6.30. The summed E-state index contributed by atoms with van der Waals surface area (Å²) in [5, 5.41) is 0.264. The fourth-order valence-corrected chi connectivity index (χ4v) is 0.890. The van der Waals surface area contributed by atoms with E-state index in [1.165, 1.54) is 12.1 Å². The zero-order chi connectivity index (χ0) is 7.56. The molecule has 0 saturated carbocycles. The molecular formula is C7H6ClFN. The number of benzene rings is 1. The first-order chi connectivity index (χ1) is 4.72. The summed E-state index contributed by atoms with van der Waals surface area (Å²) in [5.74, 6) is -0.371. The molecule has 1 aromatic carbocycles. The van der Waals surface area contributed by atoms with Crippen LogP contribution in [0.25, 0.3) is 0 Å². The SMILES string of the molecule is NCc1[c]c(Cl)cc(F)c1. The third-order valence-corrected chi connectivity index (χ3v) is 1.28. The zero-order valence-corrected chi connectivity index (χ0v) is 5.95. The van der Waals surface area contributed by atoms with Crippen LogP contribution in [-0.2, 0) is 6.54 Å². The quantitative estimate of drug-likeness (QED) is 0.662. The lowest BCUT2D eigenvalue weighted by atomic mass is 10.2. The first kappa shape index (κ1) is 7.51. The molecule has 0 saturated heterocycles. The van der Waals surface area contributed by atoms with Crippen LogP contribution in [-0.4, -0.2) is 0 Å². The molecule has 0 heterocycles. The Kier molecular flexibility index (Phi) is 2.25. The second-order valence-electron chi connectivity index (χ2n) is 1.88. The van der Waals surface area contributed by atoms with E-state index in [-0.39, 0.29) is 17.4 Å². The Labute approximate surface area is 63.6 Å². The van der Waals surface area contributed by atoms with E-state index in [0.29, 0.717) is 5.56 Å². The minimum atomic E-state index is -0.371. The zero-order valence-electron chi connectivity index (χ0n) is 5.20. The van der Waals surface area contributed by atoms with Crippen molar-refractivity contribution in [3.63, 3.8) is 0 Å². The highest BCUT2D eigenvalue weighted by Crippen LogP contribution is 2.12. The molecule has 0 spiro atoms. The molecule has 3 heteroatoms. The summed E-state index contributed by atoms with van der Waals surface area (Å²) in [4.78, 5) is 0. The van der Waals surface area contributed by atoms with Gasteiger partial charge in [-0.2, -0.15) is 0 Å². The molecule has 10 heavy (non-hydrogen) atoms. The molecule has 0 unspecified atom stereocenters. The molecule has 0 aliphatic carbocycles. The average molecular weight is 159 g/mol. The van der Waals surface area contributed by atoms with Crippen molar-refractivity contribution in [2.24, 2.45) is 5.73 Å². The van der Waals surface area contributed by atoms with Gasteiger partial charge < -0.3 is 5.73 Å². The van der Waals surface area contributed by atoms with E-state index >= 15 is 0 Å². The smallest absolute Gasteiger partial charge is 0.125 e. The van der Waals surface area contributed by atoms with Crippen LogP contribution in [0, 0.1) is 11.9 Å². The summed E-state index contributed by atoms with van der Waals surface area (Å²) >= 11 is 5.48. The molecule has 1 aromatic rings. The number of hydrogen-bond donors (Lipinski definition) is 1. The summed E-state index contributed by atoms with van der Waals surface area (Å²) in [6.07, 6.45) is 0. The number of halogens is 2. The maximum absolute atomic E-state index is 12.5. The van der Waals surface area contributed by atoms with Crippen LogP contribution in [0.3, 0.4) is 0 Å². The minimum Gasteiger partial charge on any atom is -0.326 e. The molecule has 0 aliphatic heterocycles. The van der Waals surface area contributed by atoms with Crippen LogP contribution in [0.15, 0.2) is 12.1 Å². The molecule has 0 fully saturated rings. The molecule has 0 atom stereocenters. The van der Waals surface area contributed by atoms with E-state index in [2.05, 4.69) is 6.07 Å². The Morgan fingerprint density at radius 3 is 2.80 bits per heavy atom. The van der Waals surface area contributed by atoms with Gasteiger partial charge in [0, 0.05) is 12.6 Å². The Morgan fingerprint density at radius 1 is 1.60 bits per heavy atom. The molecular weight excluding hydrogens is 153 g/mol. The Balaban J connectivity index is 3.06. The van der Waals surface area contributed by atoms with Gasteiger partial charge in [-0.1, -0.05) is 11.6 Å². The van der Waals surface area contributed by atoms with Crippen LogP contribution in [0.4, 0.5) is 4.39 Å². The molecule has 0 aliphatic rings. The number of hydrogen-bond acceptors (Lipinski definition) is 1. The molecule has 2 N–H and O–H groups in total. The topological polar surface area (TPSA) is 26.0 Å². The highest BCUT2D eigenvalue weighted by atomic mass is 35.5. The van der Waals surface area contributed by atoms with Gasteiger partial charge in [0.2, 0.25) is 0 Å². The number of rotatable bonds is 1. The van der Waals surface area contributed by atoms with Crippen molar-refractivity contribution < 1.29 is 4.39 Å². The van der Waals surface area contributed by atoms with Gasteiger partial charge in [-0.15, -0.1) is 0 Å². The van der Waals surface area contributed by atoms with Gasteiger partial charge in [0.15, 0.2) is 0 Å². The van der Waals surface area contributed by atoms with E-state index in [1.807, 2.05) is 0 Å². The van der Waals surface area contributed by atoms with Gasteiger partial charge in [-0.25, -0.2) is 4.39 Å². The van der Waals surface area contributed by atoms with Crippen LogP contribution in [0.5, 0.6) is 0 Å². The van der Waals surface area contributed by atoms with Crippen LogP contribution < -0.4 is 5.73 Å². The second-order valence-corrected chi connectivity index (χ2v) is 2.28. The van der Waals surface area contributed by atoms with E-state index < -0.39 is 0 Å². The maximum atomic E-state index is 12.5. The van der Waals surface area contributed by atoms with Crippen molar-refractivity contribution >= 4 is 11.6 Å². The highest BCUT2D eigenvalue weighted by Gasteiger charge is 1.96. The first-order valence-electron chi connectivity index (χ1n) is 2.79. The third kappa shape index (κ3) is 1.69. The lowest BCUT2D eigenvalue weighted by Gasteiger charge is -1.95. The van der Waals surface area contributed by atoms with Gasteiger partial charge >= 0.3 is 0 Å². The van der Waals surface area contributed by atoms with Gasteiger partial charge in [-0.3, -0.25) is 0 Å². The van der Waals surface area contributed by atoms with E-state index in [0.717, 1.165) is 0 Å². The molecule has 0 aromatic heterocycles. The lowest BCUT2D eigenvalue weighted by Crippen LogP contribution is -1.96. The molecule has 1 nitrogen and oxygen atoms in total. The predicted molar refractivity (Wildman–Crippen MR) is 38.1 cm³/mol. The predicted octanol–water partition coefficient (Wildman–Crippen LogP) is 1.74. The van der Waals surface area contributed by atoms with Crippen molar-refractivity contribution in [1.29, 1.82) is 0 Å². The fourth-order valence-electron chi connectivity index (χ4n) is 0.665. The third-order valence-electron chi connectivity index (χ3n) is 1.08. The van der Waals surface area contributed by atoms with Crippen molar-refractivity contribution in [3.8, 4) is 0 Å². The fraction of sp³-hybridized carbons (Fsp3) is 0.143. The van der Waals surface area contributed by atoms with Crippen molar-refractivity contribution in [3.05, 3.63) is 34.6 Å². The Morgan fingerprint density at radius 2 is 2.30 bits per heavy atom. The monoisotopic (exact) mass is 158 g/mol. The van der Waals surface area contributed by atoms with Crippen LogP contribution in [0.2, 0.25) is 5.02 Å². The average Bonchev–Trinajstić information content (AvgIpc) is 1.85. The largest absolute Gasteiger partial charge is 0.326 e. The molecule has 0 amide bonds. The summed E-state index contributed by atoms with van der Waals surface area (Å²) in [5.41, 5.74) is 5.82. The molecule has 53 valence electrons. The molecule has 0 bridgehead atoms. The van der Waals surface area contributed by atoms with Gasteiger partial charge in [0.25, 0.3) is 0 Å². The van der Waals surface area contributed by atoms with Crippen molar-refractivity contribution in [2.45, 2.75) is 6.54 Å². The van der Waals surface area contributed by atoms with E-state index in [4.69, 9.17) is 17.3 Å². The van der Waals surface area contributed by atoms with Gasteiger partial charge in [0.05, 0.1) is 5.02 Å². The second kappa shape index (κ2) is 2.99. The Hall–Kier alpha value is -0.600. The molecule has 1 radical (unpaired) electrons. The van der Waals surface area contributed by atoms with E-state index in [9.17, 15) is 4.39 Å². The normalized spacial score (nSPS) is 9.90. The van der Waals surface area contributed by atoms with Gasteiger partial charge in [-0.05, 0) is 17.7 Å². The summed E-state index contributed by atoms with van der Waals surface area (Å²) in [6, 6.07) is 5.20. The van der Waals surface area contributed by atoms with Gasteiger partial charge in [0.1, 0.15) is 5.82 Å². The first-order valence-corrected chi connectivity index (χ1v) is 3.17. The maximum Gasteiger partial charge on any atom is 0.125 e. The lowest BCUT2D eigenvalue weighted by molar-refractivity contribution is 0.625.